The summed E-state index contributed by atoms with van der Waals surface area (Å²) in [5, 5.41) is 2.83. The summed E-state index contributed by atoms with van der Waals surface area (Å²) < 4.78 is 24.0. The molecule has 0 radical (unpaired) electrons. The van der Waals surface area contributed by atoms with Gasteiger partial charge in [0.1, 0.15) is 19.0 Å². The molecule has 1 heterocycles. The summed E-state index contributed by atoms with van der Waals surface area (Å²) in [4.78, 5) is 14.0. The SMILES string of the molecule is CC(c1ccc(F)cc1)N(C)C(=O)Nc1ccc2c(c1)OCCO2. The molecule has 6 heteroatoms. The molecule has 1 aliphatic heterocycles. The Labute approximate surface area is 140 Å². The quantitative estimate of drug-likeness (QED) is 0.931. The number of benzene rings is 2. The Morgan fingerprint density at radius 1 is 1.12 bits per heavy atom. The van der Waals surface area contributed by atoms with Crippen LogP contribution in [0.1, 0.15) is 18.5 Å². The zero-order valence-corrected chi connectivity index (χ0v) is 13.6. The molecule has 0 spiro atoms. The molecule has 2 amide bonds. The van der Waals surface area contributed by atoms with Gasteiger partial charge < -0.3 is 19.7 Å². The molecule has 1 aliphatic rings. The van der Waals surface area contributed by atoms with Crippen LogP contribution in [0.5, 0.6) is 11.5 Å². The van der Waals surface area contributed by atoms with Gasteiger partial charge in [0.15, 0.2) is 11.5 Å². The average molecular weight is 330 g/mol. The van der Waals surface area contributed by atoms with Crippen molar-refractivity contribution in [2.75, 3.05) is 25.6 Å². The van der Waals surface area contributed by atoms with Crippen LogP contribution in [0.4, 0.5) is 14.9 Å². The molecular weight excluding hydrogens is 311 g/mol. The third-order valence-electron chi connectivity index (χ3n) is 4.05. The standard InChI is InChI=1S/C18H19FN2O3/c1-12(13-3-5-14(19)6-4-13)21(2)18(22)20-15-7-8-16-17(11-15)24-10-9-23-16/h3-8,11-12H,9-10H2,1-2H3,(H,20,22). The van der Waals surface area contributed by atoms with Crippen molar-refractivity contribution >= 4 is 11.7 Å². The van der Waals surface area contributed by atoms with Gasteiger partial charge in [-0.15, -0.1) is 0 Å². The number of urea groups is 1. The van der Waals surface area contributed by atoms with Crippen LogP contribution in [-0.4, -0.2) is 31.2 Å². The Morgan fingerprint density at radius 3 is 2.50 bits per heavy atom. The van der Waals surface area contributed by atoms with Crippen molar-refractivity contribution in [2.24, 2.45) is 0 Å². The second kappa shape index (κ2) is 6.78. The molecule has 0 fully saturated rings. The lowest BCUT2D eigenvalue weighted by molar-refractivity contribution is 0.171. The maximum atomic E-state index is 13.0. The van der Waals surface area contributed by atoms with E-state index in [0.29, 0.717) is 30.4 Å². The fraction of sp³-hybridized carbons (Fsp3) is 0.278. The summed E-state index contributed by atoms with van der Waals surface area (Å²) in [6.45, 7) is 2.90. The third-order valence-corrected chi connectivity index (χ3v) is 4.05. The molecule has 0 bridgehead atoms. The van der Waals surface area contributed by atoms with Gasteiger partial charge in [-0.3, -0.25) is 0 Å². The van der Waals surface area contributed by atoms with E-state index in [9.17, 15) is 9.18 Å². The van der Waals surface area contributed by atoms with Gasteiger partial charge in [0.2, 0.25) is 0 Å². The minimum atomic E-state index is -0.297. The fourth-order valence-corrected chi connectivity index (χ4v) is 2.47. The molecule has 126 valence electrons. The highest BCUT2D eigenvalue weighted by Gasteiger charge is 2.19. The smallest absolute Gasteiger partial charge is 0.322 e. The first kappa shape index (κ1) is 16.1. The monoisotopic (exact) mass is 330 g/mol. The topological polar surface area (TPSA) is 50.8 Å². The second-order valence-electron chi connectivity index (χ2n) is 5.63. The molecule has 1 unspecified atom stereocenters. The van der Waals surface area contributed by atoms with Crippen molar-refractivity contribution in [1.29, 1.82) is 0 Å². The van der Waals surface area contributed by atoms with E-state index in [-0.39, 0.29) is 17.9 Å². The normalized spacial score (nSPS) is 14.0. The van der Waals surface area contributed by atoms with E-state index in [0.717, 1.165) is 5.56 Å². The number of carbonyl (C=O) groups excluding carboxylic acids is 1. The summed E-state index contributed by atoms with van der Waals surface area (Å²) in [6, 6.07) is 10.9. The summed E-state index contributed by atoms with van der Waals surface area (Å²) in [6.07, 6.45) is 0. The van der Waals surface area contributed by atoms with Crippen molar-refractivity contribution in [2.45, 2.75) is 13.0 Å². The number of halogens is 1. The number of amides is 2. The summed E-state index contributed by atoms with van der Waals surface area (Å²) in [7, 11) is 1.70. The first-order chi connectivity index (χ1) is 11.5. The van der Waals surface area contributed by atoms with Gasteiger partial charge in [-0.2, -0.15) is 0 Å². The predicted octanol–water partition coefficient (Wildman–Crippen LogP) is 3.82. The molecule has 0 aromatic heterocycles. The first-order valence-corrected chi connectivity index (χ1v) is 7.73. The summed E-state index contributed by atoms with van der Waals surface area (Å²) >= 11 is 0. The largest absolute Gasteiger partial charge is 0.486 e. The molecule has 0 saturated heterocycles. The highest BCUT2D eigenvalue weighted by Crippen LogP contribution is 2.32. The lowest BCUT2D eigenvalue weighted by atomic mass is 10.1. The van der Waals surface area contributed by atoms with Gasteiger partial charge in [0.05, 0.1) is 6.04 Å². The minimum Gasteiger partial charge on any atom is -0.486 e. The van der Waals surface area contributed by atoms with E-state index in [1.807, 2.05) is 6.92 Å². The number of hydrogen-bond acceptors (Lipinski definition) is 3. The van der Waals surface area contributed by atoms with E-state index in [4.69, 9.17) is 9.47 Å². The van der Waals surface area contributed by atoms with Crippen molar-refractivity contribution in [3.8, 4) is 11.5 Å². The van der Waals surface area contributed by atoms with Gasteiger partial charge in [-0.05, 0) is 36.8 Å². The molecule has 0 aliphatic carbocycles. The van der Waals surface area contributed by atoms with Crippen molar-refractivity contribution < 1.29 is 18.7 Å². The lowest BCUT2D eigenvalue weighted by Crippen LogP contribution is -2.33. The lowest BCUT2D eigenvalue weighted by Gasteiger charge is -2.26. The number of rotatable bonds is 3. The first-order valence-electron chi connectivity index (χ1n) is 7.73. The van der Waals surface area contributed by atoms with E-state index in [2.05, 4.69) is 5.32 Å². The van der Waals surface area contributed by atoms with Crippen LogP contribution in [-0.2, 0) is 0 Å². The van der Waals surface area contributed by atoms with Gasteiger partial charge in [-0.1, -0.05) is 12.1 Å². The number of carbonyl (C=O) groups is 1. The molecule has 1 atom stereocenters. The number of ether oxygens (including phenoxy) is 2. The van der Waals surface area contributed by atoms with Gasteiger partial charge >= 0.3 is 6.03 Å². The predicted molar refractivity (Wildman–Crippen MR) is 89.0 cm³/mol. The van der Waals surface area contributed by atoms with Crippen LogP contribution in [0, 0.1) is 5.82 Å². The van der Waals surface area contributed by atoms with Gasteiger partial charge in [-0.25, -0.2) is 9.18 Å². The summed E-state index contributed by atoms with van der Waals surface area (Å²) in [5.41, 5.74) is 1.48. The van der Waals surface area contributed by atoms with E-state index >= 15 is 0 Å². The van der Waals surface area contributed by atoms with Crippen molar-refractivity contribution in [3.63, 3.8) is 0 Å². The number of hydrogen-bond donors (Lipinski definition) is 1. The van der Waals surface area contributed by atoms with Gasteiger partial charge in [0, 0.05) is 18.8 Å². The van der Waals surface area contributed by atoms with Crippen LogP contribution in [0.15, 0.2) is 42.5 Å². The highest BCUT2D eigenvalue weighted by molar-refractivity contribution is 5.89. The average Bonchev–Trinajstić information content (AvgIpc) is 2.61. The van der Waals surface area contributed by atoms with E-state index in [1.54, 1.807) is 42.3 Å². The molecule has 1 N–H and O–H groups in total. The number of nitrogens with zero attached hydrogens (tertiary/aromatic N) is 1. The van der Waals surface area contributed by atoms with Crippen molar-refractivity contribution in [3.05, 3.63) is 53.8 Å². The van der Waals surface area contributed by atoms with Crippen LogP contribution in [0.25, 0.3) is 0 Å². The Kier molecular flexibility index (Phi) is 4.55. The third kappa shape index (κ3) is 3.42. The van der Waals surface area contributed by atoms with E-state index in [1.165, 1.54) is 12.1 Å². The second-order valence-corrected chi connectivity index (χ2v) is 5.63. The Morgan fingerprint density at radius 2 is 1.79 bits per heavy atom. The van der Waals surface area contributed by atoms with Gasteiger partial charge in [0.25, 0.3) is 0 Å². The molecule has 24 heavy (non-hydrogen) atoms. The molecule has 0 saturated carbocycles. The maximum Gasteiger partial charge on any atom is 0.322 e. The number of nitrogens with one attached hydrogen (secondary N) is 1. The summed E-state index contributed by atoms with van der Waals surface area (Å²) in [5.74, 6) is 0.995. The molecule has 5 nitrogen and oxygen atoms in total. The Bertz CT molecular complexity index is 734. The molecule has 2 aromatic carbocycles. The van der Waals surface area contributed by atoms with Crippen LogP contribution >= 0.6 is 0 Å². The Balaban J connectivity index is 1.68. The Hall–Kier alpha value is -2.76. The fourth-order valence-electron chi connectivity index (χ4n) is 2.47. The van der Waals surface area contributed by atoms with Crippen molar-refractivity contribution in [1.82, 2.24) is 4.90 Å². The molecule has 3 rings (SSSR count). The minimum absolute atomic E-state index is 0.192. The zero-order valence-electron chi connectivity index (χ0n) is 13.6. The number of fused-ring (bicyclic) bond motifs is 1. The molecular formula is C18H19FN2O3. The van der Waals surface area contributed by atoms with E-state index < -0.39 is 0 Å². The van der Waals surface area contributed by atoms with Crippen LogP contribution in [0.2, 0.25) is 0 Å². The van der Waals surface area contributed by atoms with Crippen LogP contribution < -0.4 is 14.8 Å². The zero-order chi connectivity index (χ0) is 17.1. The maximum absolute atomic E-state index is 13.0. The number of anilines is 1. The van der Waals surface area contributed by atoms with Crippen LogP contribution in [0.3, 0.4) is 0 Å². The molecule has 2 aromatic rings. The highest BCUT2D eigenvalue weighted by atomic mass is 19.1.